The van der Waals surface area contributed by atoms with Crippen molar-refractivity contribution in [1.82, 2.24) is 9.88 Å². The van der Waals surface area contributed by atoms with Crippen LogP contribution in [0.25, 0.3) is 10.9 Å². The van der Waals surface area contributed by atoms with Crippen molar-refractivity contribution in [3.63, 3.8) is 0 Å². The number of carbonyl (C=O) groups excluding carboxylic acids is 1. The van der Waals surface area contributed by atoms with Crippen LogP contribution in [0.3, 0.4) is 0 Å². The van der Waals surface area contributed by atoms with E-state index in [0.29, 0.717) is 26.3 Å². The van der Waals surface area contributed by atoms with Crippen molar-refractivity contribution in [1.29, 1.82) is 0 Å². The summed E-state index contributed by atoms with van der Waals surface area (Å²) in [6, 6.07) is 5.14. The van der Waals surface area contributed by atoms with Gasteiger partial charge in [-0.3, -0.25) is 9.78 Å². The third kappa shape index (κ3) is 2.76. The molecule has 1 fully saturated rings. The Hall–Kier alpha value is -2.15. The number of benzene rings is 1. The SMILES string of the molecule is O=C(c1ccc2nccc(C(F)(F)F)c2c1)N1CCOCC1. The van der Waals surface area contributed by atoms with E-state index in [1.54, 1.807) is 4.90 Å². The predicted octanol–water partition coefficient (Wildman–Crippen LogP) is 2.73. The number of morpholine rings is 1. The number of amides is 1. The molecule has 0 radical (unpaired) electrons. The molecule has 7 heteroatoms. The number of aromatic nitrogens is 1. The Labute approximate surface area is 124 Å². The maximum absolute atomic E-state index is 13.1. The molecule has 0 bridgehead atoms. The fraction of sp³-hybridized carbons (Fsp3) is 0.333. The Morgan fingerprint density at radius 2 is 1.91 bits per heavy atom. The lowest BCUT2D eigenvalue weighted by atomic mass is 10.0. The van der Waals surface area contributed by atoms with Crippen LogP contribution in [-0.2, 0) is 10.9 Å². The summed E-state index contributed by atoms with van der Waals surface area (Å²) in [6.45, 7) is 1.76. The van der Waals surface area contributed by atoms with Crippen molar-refractivity contribution in [2.24, 2.45) is 0 Å². The van der Waals surface area contributed by atoms with E-state index in [1.165, 1.54) is 18.2 Å². The number of nitrogens with zero attached hydrogens (tertiary/aromatic N) is 2. The second-order valence-corrected chi connectivity index (χ2v) is 4.99. The second kappa shape index (κ2) is 5.57. The molecular weight excluding hydrogens is 297 g/mol. The third-order valence-corrected chi connectivity index (χ3v) is 3.59. The Morgan fingerprint density at radius 1 is 1.18 bits per heavy atom. The highest BCUT2D eigenvalue weighted by Gasteiger charge is 2.33. The molecule has 3 rings (SSSR count). The van der Waals surface area contributed by atoms with Crippen LogP contribution in [0.2, 0.25) is 0 Å². The largest absolute Gasteiger partial charge is 0.417 e. The summed E-state index contributed by atoms with van der Waals surface area (Å²) < 4.78 is 44.4. The van der Waals surface area contributed by atoms with Crippen LogP contribution in [-0.4, -0.2) is 42.1 Å². The van der Waals surface area contributed by atoms with E-state index in [4.69, 9.17) is 4.74 Å². The Morgan fingerprint density at radius 3 is 2.59 bits per heavy atom. The summed E-state index contributed by atoms with van der Waals surface area (Å²) in [6.07, 6.45) is -3.36. The average Bonchev–Trinajstić information content (AvgIpc) is 2.53. The van der Waals surface area contributed by atoms with Crippen molar-refractivity contribution in [3.8, 4) is 0 Å². The summed E-state index contributed by atoms with van der Waals surface area (Å²) in [5, 5.41) is -0.0610. The van der Waals surface area contributed by atoms with Crippen molar-refractivity contribution in [2.45, 2.75) is 6.18 Å². The minimum absolute atomic E-state index is 0.0610. The van der Waals surface area contributed by atoms with E-state index in [-0.39, 0.29) is 22.4 Å². The number of fused-ring (bicyclic) bond motifs is 1. The standard InChI is InChI=1S/C15H13F3N2O2/c16-15(17,18)12-3-4-19-13-2-1-10(9-11(12)13)14(21)20-5-7-22-8-6-20/h1-4,9H,5-8H2. The van der Waals surface area contributed by atoms with Crippen molar-refractivity contribution < 1.29 is 22.7 Å². The van der Waals surface area contributed by atoms with E-state index in [1.807, 2.05) is 0 Å². The van der Waals surface area contributed by atoms with Gasteiger partial charge in [0.2, 0.25) is 0 Å². The fourth-order valence-corrected chi connectivity index (χ4v) is 2.48. The topological polar surface area (TPSA) is 42.4 Å². The van der Waals surface area contributed by atoms with Gasteiger partial charge in [-0.05, 0) is 24.3 Å². The van der Waals surface area contributed by atoms with Gasteiger partial charge in [-0.1, -0.05) is 0 Å². The monoisotopic (exact) mass is 310 g/mol. The number of rotatable bonds is 1. The van der Waals surface area contributed by atoms with E-state index in [2.05, 4.69) is 4.98 Å². The lowest BCUT2D eigenvalue weighted by Crippen LogP contribution is -2.40. The zero-order valence-corrected chi connectivity index (χ0v) is 11.6. The third-order valence-electron chi connectivity index (χ3n) is 3.59. The summed E-state index contributed by atoms with van der Waals surface area (Å²) in [5.74, 6) is -0.290. The molecule has 0 N–H and O–H groups in total. The van der Waals surface area contributed by atoms with Gasteiger partial charge in [0, 0.05) is 30.2 Å². The van der Waals surface area contributed by atoms with Crippen LogP contribution in [0, 0.1) is 0 Å². The number of carbonyl (C=O) groups is 1. The number of alkyl halides is 3. The maximum Gasteiger partial charge on any atom is 0.417 e. The Kier molecular flexibility index (Phi) is 3.74. The first kappa shape index (κ1) is 14.8. The lowest BCUT2D eigenvalue weighted by molar-refractivity contribution is -0.136. The molecule has 2 heterocycles. The summed E-state index contributed by atoms with van der Waals surface area (Å²) in [5.41, 5.74) is -0.338. The zero-order chi connectivity index (χ0) is 15.7. The molecule has 1 aromatic heterocycles. The van der Waals surface area contributed by atoms with Crippen LogP contribution in [0.15, 0.2) is 30.5 Å². The minimum atomic E-state index is -4.48. The number of halogens is 3. The van der Waals surface area contributed by atoms with Crippen LogP contribution in [0.5, 0.6) is 0 Å². The summed E-state index contributed by atoms with van der Waals surface area (Å²) in [7, 11) is 0. The molecule has 0 saturated carbocycles. The predicted molar refractivity (Wildman–Crippen MR) is 73.5 cm³/mol. The molecule has 0 spiro atoms. The quantitative estimate of drug-likeness (QED) is 0.813. The normalized spacial score (nSPS) is 16.0. The fourth-order valence-electron chi connectivity index (χ4n) is 2.48. The second-order valence-electron chi connectivity index (χ2n) is 4.99. The minimum Gasteiger partial charge on any atom is -0.378 e. The number of pyridine rings is 1. The highest BCUT2D eigenvalue weighted by molar-refractivity contribution is 5.98. The van der Waals surface area contributed by atoms with Crippen LogP contribution in [0.4, 0.5) is 13.2 Å². The smallest absolute Gasteiger partial charge is 0.378 e. The molecule has 0 aliphatic carbocycles. The van der Waals surface area contributed by atoms with Crippen molar-refractivity contribution in [3.05, 3.63) is 41.6 Å². The molecule has 1 aromatic carbocycles. The molecule has 2 aromatic rings. The lowest BCUT2D eigenvalue weighted by Gasteiger charge is -2.27. The van der Waals surface area contributed by atoms with Gasteiger partial charge in [0.05, 0.1) is 24.3 Å². The van der Waals surface area contributed by atoms with Gasteiger partial charge in [0.1, 0.15) is 0 Å². The van der Waals surface area contributed by atoms with E-state index in [0.717, 1.165) is 12.3 Å². The van der Waals surface area contributed by atoms with Crippen LogP contribution >= 0.6 is 0 Å². The number of hydrogen-bond acceptors (Lipinski definition) is 3. The first-order valence-corrected chi connectivity index (χ1v) is 6.80. The first-order chi connectivity index (χ1) is 10.5. The molecule has 1 saturated heterocycles. The van der Waals surface area contributed by atoms with E-state index < -0.39 is 11.7 Å². The number of hydrogen-bond donors (Lipinski definition) is 0. The molecule has 1 aliphatic rings. The Bertz CT molecular complexity index is 709. The molecule has 4 nitrogen and oxygen atoms in total. The van der Waals surface area contributed by atoms with Crippen molar-refractivity contribution in [2.75, 3.05) is 26.3 Å². The summed E-state index contributed by atoms with van der Waals surface area (Å²) in [4.78, 5) is 17.9. The van der Waals surface area contributed by atoms with E-state index >= 15 is 0 Å². The highest BCUT2D eigenvalue weighted by atomic mass is 19.4. The van der Waals surface area contributed by atoms with E-state index in [9.17, 15) is 18.0 Å². The molecule has 1 amide bonds. The summed E-state index contributed by atoms with van der Waals surface area (Å²) >= 11 is 0. The van der Waals surface area contributed by atoms with Gasteiger partial charge < -0.3 is 9.64 Å². The maximum atomic E-state index is 13.1. The van der Waals surface area contributed by atoms with Gasteiger partial charge in [0.15, 0.2) is 0 Å². The van der Waals surface area contributed by atoms with Gasteiger partial charge in [0.25, 0.3) is 5.91 Å². The molecular formula is C15H13F3N2O2. The molecule has 0 atom stereocenters. The molecule has 0 unspecified atom stereocenters. The highest BCUT2D eigenvalue weighted by Crippen LogP contribution is 2.34. The first-order valence-electron chi connectivity index (χ1n) is 6.80. The van der Waals surface area contributed by atoms with Gasteiger partial charge in [-0.15, -0.1) is 0 Å². The van der Waals surface area contributed by atoms with Crippen LogP contribution in [0.1, 0.15) is 15.9 Å². The Balaban J connectivity index is 2.03. The zero-order valence-electron chi connectivity index (χ0n) is 11.6. The average molecular weight is 310 g/mol. The number of ether oxygens (including phenoxy) is 1. The molecule has 22 heavy (non-hydrogen) atoms. The van der Waals surface area contributed by atoms with Crippen molar-refractivity contribution >= 4 is 16.8 Å². The van der Waals surface area contributed by atoms with Gasteiger partial charge >= 0.3 is 6.18 Å². The van der Waals surface area contributed by atoms with Crippen LogP contribution < -0.4 is 0 Å². The van der Waals surface area contributed by atoms with Gasteiger partial charge in [-0.2, -0.15) is 13.2 Å². The van der Waals surface area contributed by atoms with Gasteiger partial charge in [-0.25, -0.2) is 0 Å². The molecule has 1 aliphatic heterocycles. The molecule has 116 valence electrons.